The average molecular weight is 1060 g/mol. The predicted molar refractivity (Wildman–Crippen MR) is 295 cm³/mol. The van der Waals surface area contributed by atoms with Crippen LogP contribution in [0.25, 0.3) is 10.4 Å². The third-order valence-electron chi connectivity index (χ3n) is 14.6. The number of β-amino-alcohol motifs (C(OH)–C–C–N with tert-alkyl or cyclic N) is 1. The molecule has 76 heavy (non-hydrogen) atoms. The maximum absolute atomic E-state index is 14.1. The highest BCUT2D eigenvalue weighted by molar-refractivity contribution is 7.13. The molecule has 4 heterocycles. The number of carbonyl (C=O) groups excluding carboxylic acids is 6. The van der Waals surface area contributed by atoms with E-state index in [0.717, 1.165) is 64.2 Å². The van der Waals surface area contributed by atoms with Gasteiger partial charge < -0.3 is 41.1 Å². The number of anilines is 1. The van der Waals surface area contributed by atoms with Crippen molar-refractivity contribution in [1.82, 2.24) is 45.8 Å². The van der Waals surface area contributed by atoms with Gasteiger partial charge in [-0.3, -0.25) is 29.1 Å². The zero-order valence-electron chi connectivity index (χ0n) is 45.5. The maximum Gasteiger partial charge on any atom is 0.319 e. The van der Waals surface area contributed by atoms with E-state index in [1.807, 2.05) is 128 Å². The Morgan fingerprint density at radius 3 is 2.12 bits per heavy atom. The monoisotopic (exact) mass is 1060 g/mol. The summed E-state index contributed by atoms with van der Waals surface area (Å²) in [4.78, 5) is 92.0. The summed E-state index contributed by atoms with van der Waals surface area (Å²) in [6.45, 7) is 14.2. The van der Waals surface area contributed by atoms with Crippen LogP contribution in [0.1, 0.15) is 160 Å². The number of aliphatic hydroxyl groups is 1. The first kappa shape index (κ1) is 57.0. The fourth-order valence-corrected chi connectivity index (χ4v) is 10.9. The van der Waals surface area contributed by atoms with Gasteiger partial charge in [-0.15, -0.1) is 11.3 Å². The molecule has 6 N–H and O–H groups in total. The number of aliphatic hydroxyl groups excluding tert-OH is 1. The van der Waals surface area contributed by atoms with Crippen molar-refractivity contribution < 1.29 is 33.9 Å². The number of aromatic amines is 1. The number of Topliss-reactive ketones (excluding diaryl/α,β-unsaturated/α-hetero) is 1. The van der Waals surface area contributed by atoms with Crippen LogP contribution in [-0.4, -0.2) is 116 Å². The first-order valence-electron chi connectivity index (χ1n) is 26.5. The lowest BCUT2D eigenvalue weighted by atomic mass is 9.85. The topological polar surface area (TPSA) is 222 Å². The zero-order valence-corrected chi connectivity index (χ0v) is 46.3. The lowest BCUT2D eigenvalue weighted by Crippen LogP contribution is -2.57. The number of likely N-dealkylation sites (tertiary alicyclic amines) is 1. The van der Waals surface area contributed by atoms with Crippen LogP contribution in [0.2, 0.25) is 0 Å². The lowest BCUT2D eigenvalue weighted by molar-refractivity contribution is -0.144. The number of carbonyl (C=O) groups is 6. The van der Waals surface area contributed by atoms with Crippen LogP contribution in [0.15, 0.2) is 84.4 Å². The summed E-state index contributed by atoms with van der Waals surface area (Å²) >= 11 is 1.57. The van der Waals surface area contributed by atoms with E-state index in [9.17, 15) is 33.9 Å². The number of benzene rings is 3. The van der Waals surface area contributed by atoms with Gasteiger partial charge >= 0.3 is 6.03 Å². The molecule has 5 aromatic rings. The van der Waals surface area contributed by atoms with E-state index in [4.69, 9.17) is 0 Å². The third-order valence-corrected chi connectivity index (χ3v) is 15.6. The number of hydrogen-bond acceptors (Lipinski definition) is 11. The van der Waals surface area contributed by atoms with Crippen LogP contribution in [-0.2, 0) is 26.5 Å². The van der Waals surface area contributed by atoms with Crippen molar-refractivity contribution in [2.75, 3.05) is 32.5 Å². The number of H-pyrrole nitrogens is 1. The second-order valence-electron chi connectivity index (χ2n) is 22.2. The fraction of sp³-hybridized carbons (Fsp3) is 0.483. The molecule has 7 rings (SSSR count). The van der Waals surface area contributed by atoms with Gasteiger partial charge in [-0.1, -0.05) is 113 Å². The van der Waals surface area contributed by atoms with Gasteiger partial charge in [0.15, 0.2) is 11.6 Å². The molecule has 3 aromatic carbocycles. The highest BCUT2D eigenvalue weighted by Crippen LogP contribution is 2.41. The van der Waals surface area contributed by atoms with E-state index in [-0.39, 0.29) is 67.6 Å². The highest BCUT2D eigenvalue weighted by Gasteiger charge is 2.46. The summed E-state index contributed by atoms with van der Waals surface area (Å²) in [5, 5.41) is 30.2. The van der Waals surface area contributed by atoms with E-state index in [2.05, 4.69) is 36.4 Å². The van der Waals surface area contributed by atoms with Gasteiger partial charge in [-0.25, -0.2) is 9.78 Å². The van der Waals surface area contributed by atoms with E-state index in [0.29, 0.717) is 42.8 Å². The van der Waals surface area contributed by atoms with Crippen molar-refractivity contribution in [1.29, 1.82) is 0 Å². The number of nitrogens with one attached hydrogen (secondary N) is 5. The Labute approximate surface area is 451 Å². The summed E-state index contributed by atoms with van der Waals surface area (Å²) in [5.74, 6) is -1.03. The molecule has 1 fully saturated rings. The zero-order chi connectivity index (χ0) is 54.9. The molecule has 2 aliphatic heterocycles. The molecule has 2 aliphatic rings. The number of likely N-dealkylation sites (N-methyl/N-ethyl adjacent to an activating group) is 1. The molecular weight excluding hydrogens is 981 g/mol. The first-order chi connectivity index (χ1) is 36.1. The van der Waals surface area contributed by atoms with Crippen LogP contribution in [0.5, 0.6) is 0 Å². The molecule has 0 unspecified atom stereocenters. The molecule has 17 nitrogen and oxygen atoms in total. The number of urea groups is 1. The van der Waals surface area contributed by atoms with Crippen molar-refractivity contribution in [3.8, 4) is 10.4 Å². The third kappa shape index (κ3) is 14.0. The lowest BCUT2D eigenvalue weighted by Gasteiger charge is -2.35. The highest BCUT2D eigenvalue weighted by atomic mass is 32.1. The molecule has 2 aromatic heterocycles. The van der Waals surface area contributed by atoms with Gasteiger partial charge in [0.25, 0.3) is 5.91 Å². The van der Waals surface area contributed by atoms with Gasteiger partial charge in [0, 0.05) is 49.0 Å². The largest absolute Gasteiger partial charge is 0.391 e. The summed E-state index contributed by atoms with van der Waals surface area (Å²) in [7, 11) is 3.93. The van der Waals surface area contributed by atoms with Gasteiger partial charge in [-0.2, -0.15) is 5.10 Å². The quantitative estimate of drug-likeness (QED) is 0.0286. The molecule has 0 bridgehead atoms. The van der Waals surface area contributed by atoms with E-state index >= 15 is 0 Å². The number of thiazole rings is 1. The van der Waals surface area contributed by atoms with Crippen molar-refractivity contribution in [3.05, 3.63) is 124 Å². The minimum absolute atomic E-state index is 0.000295. The molecule has 406 valence electrons. The van der Waals surface area contributed by atoms with Crippen LogP contribution in [0, 0.1) is 12.3 Å². The molecule has 0 radical (unpaired) electrons. The summed E-state index contributed by atoms with van der Waals surface area (Å²) < 4.78 is 0. The summed E-state index contributed by atoms with van der Waals surface area (Å²) in [6, 6.07) is 21.8. The number of aromatic nitrogens is 3. The number of ketones is 1. The SMILES string of the molecule is Cc1ncsc1-c1ccc([C@H](C)NC(=O)[C@@H]2C[C@@H](O)CN2C(=O)[C@@H](NC(=O)CCCCCCCCC(=O)c2ccc(C(=O)Nc3n[nH]c4c3CN(C(=O)N[C@H](CN(C)C)c3ccccc3)C4(C)C)cc2)C(C)(C)C)cc1. The van der Waals surface area contributed by atoms with Gasteiger partial charge in [0.2, 0.25) is 17.7 Å². The van der Waals surface area contributed by atoms with Gasteiger partial charge in [-0.05, 0) is 88.9 Å². The van der Waals surface area contributed by atoms with Crippen molar-refractivity contribution >= 4 is 52.6 Å². The van der Waals surface area contributed by atoms with E-state index in [1.165, 1.54) is 4.90 Å². The smallest absolute Gasteiger partial charge is 0.319 e. The second-order valence-corrected chi connectivity index (χ2v) is 23.1. The Hall–Kier alpha value is -6.76. The normalized spacial score (nSPS) is 17.2. The average Bonchev–Trinajstić information content (AvgIpc) is 4.22. The van der Waals surface area contributed by atoms with E-state index < -0.39 is 35.0 Å². The maximum atomic E-state index is 14.1. The second kappa shape index (κ2) is 24.9. The molecule has 1 saturated heterocycles. The molecule has 0 aliphatic carbocycles. The number of aryl methyl sites for hydroxylation is 1. The molecule has 0 spiro atoms. The van der Waals surface area contributed by atoms with Crippen molar-refractivity contribution in [2.24, 2.45) is 5.41 Å². The van der Waals surface area contributed by atoms with Crippen LogP contribution in [0.3, 0.4) is 0 Å². The van der Waals surface area contributed by atoms with E-state index in [1.54, 1.807) is 40.5 Å². The fourth-order valence-electron chi connectivity index (χ4n) is 10.1. The number of rotatable bonds is 22. The van der Waals surface area contributed by atoms with Crippen molar-refractivity contribution in [2.45, 2.75) is 149 Å². The first-order valence-corrected chi connectivity index (χ1v) is 27.4. The minimum atomic E-state index is -0.899. The molecular formula is C58H76N10O7S. The van der Waals surface area contributed by atoms with Crippen LogP contribution < -0.4 is 21.3 Å². The molecule has 6 amide bonds. The Morgan fingerprint density at radius 2 is 1.49 bits per heavy atom. The summed E-state index contributed by atoms with van der Waals surface area (Å²) in [5.41, 5.74) is 6.73. The Kier molecular flexibility index (Phi) is 18.7. The predicted octanol–water partition coefficient (Wildman–Crippen LogP) is 8.83. The standard InChI is InChI=1S/C58H76N10O7S/c1-36(38-23-27-41(28-24-38)49-37(2)59-35-76-49)60-54(73)46-31-43(69)32-67(46)55(74)51(57(3,4)5)62-48(71)22-18-13-11-10-12-17-21-47(70)40-25-29-42(30-26-40)53(72)63-52-44-33-68(58(6,7)50(44)64-65-52)56(75)61-45(34-66(8)9)39-19-15-14-16-20-39/h14-16,19-20,23-30,35-36,43,45-46,51,69H,10-13,17-18,21-22,31-34H2,1-9H3,(H,60,73)(H,61,75)(H,62,71)(H2,63,64,65,72)/t36-,43+,45+,46-,51+/m0/s1. The number of hydrogen-bond donors (Lipinski definition) is 6. The Balaban J connectivity index is 0.804. The minimum Gasteiger partial charge on any atom is -0.391 e. The number of amides is 6. The molecule has 5 atom stereocenters. The Bertz CT molecular complexity index is 2820. The van der Waals surface area contributed by atoms with Crippen LogP contribution in [0.4, 0.5) is 10.6 Å². The van der Waals surface area contributed by atoms with Crippen molar-refractivity contribution in [3.63, 3.8) is 0 Å². The number of fused-ring (bicyclic) bond motifs is 1. The molecule has 0 saturated carbocycles. The Morgan fingerprint density at radius 1 is 0.842 bits per heavy atom. The number of nitrogens with zero attached hydrogens (tertiary/aromatic N) is 5. The molecule has 18 heteroatoms. The van der Waals surface area contributed by atoms with Gasteiger partial charge in [0.1, 0.15) is 12.1 Å². The summed E-state index contributed by atoms with van der Waals surface area (Å²) in [6.07, 6.45) is 4.63. The van der Waals surface area contributed by atoms with Gasteiger partial charge in [0.05, 0.1) is 52.0 Å². The van der Waals surface area contributed by atoms with Crippen LogP contribution >= 0.6 is 11.3 Å². The number of unbranched alkanes of at least 4 members (excludes halogenated alkanes) is 5.